The van der Waals surface area contributed by atoms with Gasteiger partial charge in [0.2, 0.25) is 0 Å². The normalized spacial score (nSPS) is 17.6. The van der Waals surface area contributed by atoms with Gasteiger partial charge in [0.25, 0.3) is 0 Å². The van der Waals surface area contributed by atoms with Crippen molar-refractivity contribution in [2.45, 2.75) is 51.6 Å². The van der Waals surface area contributed by atoms with E-state index in [1.54, 1.807) is 0 Å². The van der Waals surface area contributed by atoms with E-state index in [4.69, 9.17) is 4.74 Å². The zero-order chi connectivity index (χ0) is 13.9. The molecular formula is C16H22N2O. The van der Waals surface area contributed by atoms with Crippen LogP contribution in [0.1, 0.15) is 37.3 Å². The quantitative estimate of drug-likeness (QED) is 0.852. The zero-order valence-electron chi connectivity index (χ0n) is 12.0. The first-order valence-electron chi connectivity index (χ1n) is 6.92. The fraction of sp³-hybridized carbons (Fsp3) is 0.562. The highest BCUT2D eigenvalue weighted by Crippen LogP contribution is 2.25. The van der Waals surface area contributed by atoms with Crippen LogP contribution in [-0.4, -0.2) is 18.2 Å². The molecule has 0 saturated heterocycles. The van der Waals surface area contributed by atoms with Crippen molar-refractivity contribution in [1.29, 1.82) is 5.26 Å². The van der Waals surface area contributed by atoms with E-state index in [9.17, 15) is 5.26 Å². The molecule has 1 aliphatic carbocycles. The Morgan fingerprint density at radius 1 is 1.37 bits per heavy atom. The highest BCUT2D eigenvalue weighted by Gasteiger charge is 2.32. The van der Waals surface area contributed by atoms with Gasteiger partial charge in [0.15, 0.2) is 0 Å². The Bertz CT molecular complexity index is 468. The van der Waals surface area contributed by atoms with Gasteiger partial charge in [0.1, 0.15) is 11.3 Å². The molecule has 1 aromatic carbocycles. The van der Waals surface area contributed by atoms with Gasteiger partial charge in [0.05, 0.1) is 12.7 Å². The summed E-state index contributed by atoms with van der Waals surface area (Å²) in [5, 5.41) is 12.7. The molecule has 0 bridgehead atoms. The number of rotatable bonds is 6. The predicted molar refractivity (Wildman–Crippen MR) is 76.2 cm³/mol. The molecule has 2 rings (SSSR count). The third kappa shape index (κ3) is 3.71. The van der Waals surface area contributed by atoms with E-state index in [0.29, 0.717) is 19.1 Å². The molecule has 0 amide bonds. The molecule has 0 spiro atoms. The third-order valence-corrected chi connectivity index (χ3v) is 3.60. The van der Waals surface area contributed by atoms with Crippen LogP contribution in [0.2, 0.25) is 0 Å². The molecule has 102 valence electrons. The van der Waals surface area contributed by atoms with E-state index < -0.39 is 5.54 Å². The molecule has 1 aromatic rings. The van der Waals surface area contributed by atoms with Gasteiger partial charge in [-0.3, -0.25) is 5.32 Å². The lowest BCUT2D eigenvalue weighted by atomic mass is 10.0. The summed E-state index contributed by atoms with van der Waals surface area (Å²) in [5.74, 6) is 0.953. The van der Waals surface area contributed by atoms with Gasteiger partial charge in [-0.1, -0.05) is 18.2 Å². The summed E-state index contributed by atoms with van der Waals surface area (Å²) in [6.07, 6.45) is 3.08. The highest BCUT2D eigenvalue weighted by molar-refractivity contribution is 5.39. The Morgan fingerprint density at radius 3 is 2.53 bits per heavy atom. The smallest absolute Gasteiger partial charge is 0.125 e. The summed E-state index contributed by atoms with van der Waals surface area (Å²) in [6.45, 7) is 6.62. The first kappa shape index (κ1) is 13.9. The number of hydrogen-bond donors (Lipinski definition) is 1. The van der Waals surface area contributed by atoms with Gasteiger partial charge in [-0.25, -0.2) is 0 Å². The average molecular weight is 258 g/mol. The van der Waals surface area contributed by atoms with Gasteiger partial charge in [-0.05, 0) is 44.7 Å². The maximum Gasteiger partial charge on any atom is 0.125 e. The highest BCUT2D eigenvalue weighted by atomic mass is 16.5. The summed E-state index contributed by atoms with van der Waals surface area (Å²) in [5.41, 5.74) is 1.82. The van der Waals surface area contributed by atoms with Gasteiger partial charge in [-0.2, -0.15) is 5.26 Å². The Labute approximate surface area is 115 Å². The number of para-hydroxylation sites is 1. The standard InChI is InChI=1S/C16H22N2O/c1-12-5-4-6-13(2)15(12)19-10-9-16(3,11-17)18-14-7-8-14/h4-6,14,18H,7-10H2,1-3H3. The van der Waals surface area contributed by atoms with Crippen LogP contribution in [0.5, 0.6) is 5.75 Å². The Balaban J connectivity index is 1.90. The molecule has 19 heavy (non-hydrogen) atoms. The largest absolute Gasteiger partial charge is 0.493 e. The van der Waals surface area contributed by atoms with Crippen LogP contribution in [0.15, 0.2) is 18.2 Å². The van der Waals surface area contributed by atoms with Gasteiger partial charge in [-0.15, -0.1) is 0 Å². The summed E-state index contributed by atoms with van der Waals surface area (Å²) in [6, 6.07) is 9.04. The van der Waals surface area contributed by atoms with E-state index in [-0.39, 0.29) is 0 Å². The molecule has 3 heteroatoms. The summed E-state index contributed by atoms with van der Waals surface area (Å²) in [7, 11) is 0. The number of aryl methyl sites for hydroxylation is 2. The van der Waals surface area contributed by atoms with Crippen LogP contribution in [-0.2, 0) is 0 Å². The summed E-state index contributed by atoms with van der Waals surface area (Å²) >= 11 is 0. The van der Waals surface area contributed by atoms with Crippen LogP contribution in [0, 0.1) is 25.2 Å². The van der Waals surface area contributed by atoms with Crippen LogP contribution in [0.3, 0.4) is 0 Å². The number of benzene rings is 1. The lowest BCUT2D eigenvalue weighted by molar-refractivity contribution is 0.263. The van der Waals surface area contributed by atoms with Crippen molar-refractivity contribution < 1.29 is 4.74 Å². The van der Waals surface area contributed by atoms with Gasteiger partial charge in [0, 0.05) is 12.5 Å². The van der Waals surface area contributed by atoms with Crippen molar-refractivity contribution in [3.63, 3.8) is 0 Å². The first-order valence-corrected chi connectivity index (χ1v) is 6.92. The number of nitrogens with one attached hydrogen (secondary N) is 1. The minimum absolute atomic E-state index is 0.474. The summed E-state index contributed by atoms with van der Waals surface area (Å²) < 4.78 is 5.88. The number of nitrogens with zero attached hydrogens (tertiary/aromatic N) is 1. The minimum atomic E-state index is -0.474. The maximum atomic E-state index is 9.30. The number of nitriles is 1. The van der Waals surface area contributed by atoms with Crippen molar-refractivity contribution in [1.82, 2.24) is 5.32 Å². The predicted octanol–water partition coefficient (Wildman–Crippen LogP) is 3.11. The second kappa shape index (κ2) is 5.63. The van der Waals surface area contributed by atoms with Crippen molar-refractivity contribution in [2.24, 2.45) is 0 Å². The average Bonchev–Trinajstić information content (AvgIpc) is 3.17. The van der Waals surface area contributed by atoms with Gasteiger partial charge >= 0.3 is 0 Å². The van der Waals surface area contributed by atoms with Crippen molar-refractivity contribution in [3.05, 3.63) is 29.3 Å². The zero-order valence-corrected chi connectivity index (χ0v) is 12.0. The molecule has 1 fully saturated rings. The number of ether oxygens (including phenoxy) is 1. The molecule has 1 aliphatic rings. The van der Waals surface area contributed by atoms with Crippen LogP contribution >= 0.6 is 0 Å². The van der Waals surface area contributed by atoms with Crippen LogP contribution in [0.4, 0.5) is 0 Å². The fourth-order valence-corrected chi connectivity index (χ4v) is 2.22. The van der Waals surface area contributed by atoms with Crippen LogP contribution < -0.4 is 10.1 Å². The van der Waals surface area contributed by atoms with Gasteiger partial charge < -0.3 is 4.74 Å². The minimum Gasteiger partial charge on any atom is -0.493 e. The molecule has 0 radical (unpaired) electrons. The Kier molecular flexibility index (Phi) is 4.11. The van der Waals surface area contributed by atoms with E-state index >= 15 is 0 Å². The Hall–Kier alpha value is -1.53. The SMILES string of the molecule is Cc1cccc(C)c1OCCC(C)(C#N)NC1CC1. The number of hydrogen-bond acceptors (Lipinski definition) is 3. The molecular weight excluding hydrogens is 236 g/mol. The molecule has 3 nitrogen and oxygen atoms in total. The first-order chi connectivity index (χ1) is 9.04. The second-order valence-corrected chi connectivity index (χ2v) is 5.68. The van der Waals surface area contributed by atoms with E-state index in [2.05, 4.69) is 11.4 Å². The molecule has 1 N–H and O–H groups in total. The van der Waals surface area contributed by atoms with E-state index in [1.165, 1.54) is 12.8 Å². The molecule has 1 atom stereocenters. The van der Waals surface area contributed by atoms with Crippen molar-refractivity contribution in [2.75, 3.05) is 6.61 Å². The molecule has 1 saturated carbocycles. The molecule has 0 aromatic heterocycles. The Morgan fingerprint density at radius 2 is 2.00 bits per heavy atom. The topological polar surface area (TPSA) is 45.0 Å². The molecule has 1 unspecified atom stereocenters. The van der Waals surface area contributed by atoms with Crippen molar-refractivity contribution in [3.8, 4) is 11.8 Å². The maximum absolute atomic E-state index is 9.30. The second-order valence-electron chi connectivity index (χ2n) is 5.68. The fourth-order valence-electron chi connectivity index (χ4n) is 2.22. The third-order valence-electron chi connectivity index (χ3n) is 3.60. The molecule has 0 heterocycles. The summed E-state index contributed by atoms with van der Waals surface area (Å²) in [4.78, 5) is 0. The monoisotopic (exact) mass is 258 g/mol. The molecule has 0 aliphatic heterocycles. The van der Waals surface area contributed by atoms with Crippen LogP contribution in [0.25, 0.3) is 0 Å². The van der Waals surface area contributed by atoms with E-state index in [0.717, 1.165) is 16.9 Å². The van der Waals surface area contributed by atoms with E-state index in [1.807, 2.05) is 39.0 Å². The lowest BCUT2D eigenvalue weighted by Crippen LogP contribution is -2.43. The lowest BCUT2D eigenvalue weighted by Gasteiger charge is -2.23. The van der Waals surface area contributed by atoms with Crippen molar-refractivity contribution >= 4 is 0 Å².